The van der Waals surface area contributed by atoms with Gasteiger partial charge in [0.25, 0.3) is 0 Å². The van der Waals surface area contributed by atoms with Crippen molar-refractivity contribution in [2.24, 2.45) is 0 Å². The standard InChI is InChI=1S/C32H36Cl2F3N3O4S/c1-4-22(2)38-31(42)29(19-23-11-6-5-7-12-23)39(21-26-27(33)15-9-16-28(26)34)30(41)17-10-18-40(45(3,43)44)25-14-8-13-24(20-25)32(35,36)37/h5-9,11-16,20,22,29H,4,10,17-19,21H2,1-3H3,(H,38,42)/t22-,29-/m1/s1. The molecule has 2 atom stereocenters. The lowest BCUT2D eigenvalue weighted by Gasteiger charge is -2.33. The van der Waals surface area contributed by atoms with Gasteiger partial charge in [0, 0.05) is 47.6 Å². The fourth-order valence-electron chi connectivity index (χ4n) is 4.69. The molecule has 0 aliphatic carbocycles. The number of rotatable bonds is 14. The summed E-state index contributed by atoms with van der Waals surface area (Å²) in [5, 5.41) is 3.55. The van der Waals surface area contributed by atoms with E-state index in [0.29, 0.717) is 22.0 Å². The minimum atomic E-state index is -4.67. The van der Waals surface area contributed by atoms with Crippen LogP contribution in [-0.2, 0) is 38.8 Å². The van der Waals surface area contributed by atoms with Gasteiger partial charge in [-0.1, -0.05) is 72.6 Å². The second-order valence-corrected chi connectivity index (χ2v) is 13.5. The molecule has 0 unspecified atom stereocenters. The number of alkyl halides is 3. The molecule has 0 aromatic heterocycles. The zero-order valence-electron chi connectivity index (χ0n) is 25.2. The maximum Gasteiger partial charge on any atom is 0.416 e. The van der Waals surface area contributed by atoms with Gasteiger partial charge in [-0.15, -0.1) is 0 Å². The van der Waals surface area contributed by atoms with Gasteiger partial charge in [0.15, 0.2) is 0 Å². The largest absolute Gasteiger partial charge is 0.416 e. The van der Waals surface area contributed by atoms with E-state index in [-0.39, 0.29) is 50.0 Å². The maximum absolute atomic E-state index is 14.0. The van der Waals surface area contributed by atoms with Crippen molar-refractivity contribution in [1.82, 2.24) is 10.2 Å². The Morgan fingerprint density at radius 1 is 0.956 bits per heavy atom. The maximum atomic E-state index is 14.0. The average molecular weight is 687 g/mol. The number of hydrogen-bond acceptors (Lipinski definition) is 4. The van der Waals surface area contributed by atoms with Crippen molar-refractivity contribution >= 4 is 50.7 Å². The van der Waals surface area contributed by atoms with Crippen molar-refractivity contribution in [2.75, 3.05) is 17.1 Å². The van der Waals surface area contributed by atoms with Gasteiger partial charge in [-0.2, -0.15) is 13.2 Å². The fraction of sp³-hybridized carbons (Fsp3) is 0.375. The van der Waals surface area contributed by atoms with Crippen molar-refractivity contribution in [3.63, 3.8) is 0 Å². The van der Waals surface area contributed by atoms with E-state index in [9.17, 15) is 31.2 Å². The first-order valence-electron chi connectivity index (χ1n) is 14.3. The molecule has 0 spiro atoms. The molecule has 0 bridgehead atoms. The second-order valence-electron chi connectivity index (χ2n) is 10.7. The summed E-state index contributed by atoms with van der Waals surface area (Å²) in [4.78, 5) is 29.0. The summed E-state index contributed by atoms with van der Waals surface area (Å²) < 4.78 is 66.1. The van der Waals surface area contributed by atoms with Crippen molar-refractivity contribution in [3.8, 4) is 0 Å². The molecule has 0 saturated carbocycles. The van der Waals surface area contributed by atoms with Crippen molar-refractivity contribution in [2.45, 2.75) is 64.3 Å². The zero-order chi connectivity index (χ0) is 33.4. The Bertz CT molecular complexity index is 1550. The lowest BCUT2D eigenvalue weighted by atomic mass is 10.0. The first-order valence-corrected chi connectivity index (χ1v) is 16.9. The smallest absolute Gasteiger partial charge is 0.352 e. The van der Waals surface area contributed by atoms with Crippen molar-refractivity contribution < 1.29 is 31.2 Å². The molecular weight excluding hydrogens is 650 g/mol. The highest BCUT2D eigenvalue weighted by atomic mass is 35.5. The van der Waals surface area contributed by atoms with E-state index >= 15 is 0 Å². The van der Waals surface area contributed by atoms with Gasteiger partial charge in [-0.25, -0.2) is 8.42 Å². The van der Waals surface area contributed by atoms with Gasteiger partial charge in [0.2, 0.25) is 21.8 Å². The molecule has 0 heterocycles. The van der Waals surface area contributed by atoms with Crippen LogP contribution in [-0.4, -0.2) is 50.0 Å². The van der Waals surface area contributed by atoms with E-state index in [1.807, 2.05) is 44.2 Å². The quantitative estimate of drug-likeness (QED) is 0.196. The van der Waals surface area contributed by atoms with Crippen LogP contribution in [0.4, 0.5) is 18.9 Å². The first-order chi connectivity index (χ1) is 21.1. The molecule has 45 heavy (non-hydrogen) atoms. The minimum Gasteiger partial charge on any atom is -0.352 e. The predicted octanol–water partition coefficient (Wildman–Crippen LogP) is 7.11. The van der Waals surface area contributed by atoms with Crippen LogP contribution in [0, 0.1) is 0 Å². The summed E-state index contributed by atoms with van der Waals surface area (Å²) in [5.41, 5.74) is 0.0703. The summed E-state index contributed by atoms with van der Waals surface area (Å²) in [6, 6.07) is 16.9. The van der Waals surface area contributed by atoms with Gasteiger partial charge >= 0.3 is 6.18 Å². The third-order valence-electron chi connectivity index (χ3n) is 7.28. The molecule has 0 fully saturated rings. The van der Waals surface area contributed by atoms with Gasteiger partial charge in [0.1, 0.15) is 6.04 Å². The highest BCUT2D eigenvalue weighted by Crippen LogP contribution is 2.32. The molecule has 3 rings (SSSR count). The number of benzene rings is 3. The topological polar surface area (TPSA) is 86.8 Å². The first kappa shape index (κ1) is 36.2. The minimum absolute atomic E-state index is 0.0417. The fourth-order valence-corrected chi connectivity index (χ4v) is 6.16. The van der Waals surface area contributed by atoms with Gasteiger partial charge < -0.3 is 10.2 Å². The zero-order valence-corrected chi connectivity index (χ0v) is 27.5. The van der Waals surface area contributed by atoms with E-state index < -0.39 is 33.7 Å². The van der Waals surface area contributed by atoms with Gasteiger partial charge in [0.05, 0.1) is 17.5 Å². The van der Waals surface area contributed by atoms with Crippen molar-refractivity contribution in [1.29, 1.82) is 0 Å². The molecule has 3 aromatic carbocycles. The number of nitrogens with zero attached hydrogens (tertiary/aromatic N) is 2. The number of amides is 2. The number of anilines is 1. The van der Waals surface area contributed by atoms with Gasteiger partial charge in [-0.3, -0.25) is 13.9 Å². The summed E-state index contributed by atoms with van der Waals surface area (Å²) in [6.45, 7) is 3.39. The van der Waals surface area contributed by atoms with E-state index in [0.717, 1.165) is 34.3 Å². The number of hydrogen-bond donors (Lipinski definition) is 1. The lowest BCUT2D eigenvalue weighted by Crippen LogP contribution is -2.52. The molecule has 13 heteroatoms. The highest BCUT2D eigenvalue weighted by Gasteiger charge is 2.33. The number of nitrogens with one attached hydrogen (secondary N) is 1. The summed E-state index contributed by atoms with van der Waals surface area (Å²) >= 11 is 12.9. The van der Waals surface area contributed by atoms with Crippen molar-refractivity contribution in [3.05, 3.63) is 99.5 Å². The van der Waals surface area contributed by atoms with Crippen LogP contribution < -0.4 is 9.62 Å². The SMILES string of the molecule is CC[C@@H](C)NC(=O)[C@@H](Cc1ccccc1)N(Cc1c(Cl)cccc1Cl)C(=O)CCCN(c1cccc(C(F)(F)F)c1)S(C)(=O)=O. The Morgan fingerprint density at radius 2 is 1.58 bits per heavy atom. The third kappa shape index (κ3) is 10.4. The van der Waals surface area contributed by atoms with E-state index in [1.165, 1.54) is 11.0 Å². The number of sulfonamides is 1. The molecule has 0 aliphatic heterocycles. The average Bonchev–Trinajstić information content (AvgIpc) is 2.97. The van der Waals surface area contributed by atoms with E-state index in [1.54, 1.807) is 18.2 Å². The summed E-state index contributed by atoms with van der Waals surface area (Å²) in [6.07, 6.45) is -3.20. The molecule has 2 amide bonds. The molecule has 1 N–H and O–H groups in total. The number of halogens is 5. The summed E-state index contributed by atoms with van der Waals surface area (Å²) in [7, 11) is -4.00. The van der Waals surface area contributed by atoms with Crippen LogP contribution in [0.2, 0.25) is 10.0 Å². The Labute approximate surface area is 272 Å². The third-order valence-corrected chi connectivity index (χ3v) is 9.18. The molecule has 244 valence electrons. The van der Waals surface area contributed by atoms with Gasteiger partial charge in [-0.05, 0) is 55.7 Å². The summed E-state index contributed by atoms with van der Waals surface area (Å²) in [5.74, 6) is -0.866. The molecule has 7 nitrogen and oxygen atoms in total. The van der Waals surface area contributed by atoms with Crippen LogP contribution in [0.5, 0.6) is 0 Å². The second kappa shape index (κ2) is 15.8. The Kier molecular flexibility index (Phi) is 12.7. The van der Waals surface area contributed by atoms with E-state index in [4.69, 9.17) is 23.2 Å². The van der Waals surface area contributed by atoms with Crippen LogP contribution in [0.15, 0.2) is 72.8 Å². The Hall–Kier alpha value is -3.28. The molecule has 0 saturated heterocycles. The highest BCUT2D eigenvalue weighted by molar-refractivity contribution is 7.92. The molecule has 0 radical (unpaired) electrons. The molecule has 0 aliphatic rings. The Morgan fingerprint density at radius 3 is 2.16 bits per heavy atom. The number of carbonyl (C=O) groups is 2. The molecule has 3 aromatic rings. The van der Waals surface area contributed by atoms with E-state index in [2.05, 4.69) is 5.32 Å². The monoisotopic (exact) mass is 685 g/mol. The van der Waals surface area contributed by atoms with Crippen LogP contribution in [0.3, 0.4) is 0 Å². The Balaban J connectivity index is 1.95. The lowest BCUT2D eigenvalue weighted by molar-refractivity contribution is -0.141. The predicted molar refractivity (Wildman–Crippen MR) is 172 cm³/mol. The molecular formula is C32H36Cl2F3N3O4S. The van der Waals surface area contributed by atoms with Crippen LogP contribution in [0.25, 0.3) is 0 Å². The van der Waals surface area contributed by atoms with Crippen LogP contribution in [0.1, 0.15) is 49.8 Å². The van der Waals surface area contributed by atoms with Crippen LogP contribution >= 0.6 is 23.2 Å². The normalized spacial score (nSPS) is 13.2. The number of carbonyl (C=O) groups excluding carboxylic acids is 2.